The van der Waals surface area contributed by atoms with Gasteiger partial charge in [0.2, 0.25) is 0 Å². The van der Waals surface area contributed by atoms with Gasteiger partial charge in [-0.1, -0.05) is 121 Å². The van der Waals surface area contributed by atoms with Crippen molar-refractivity contribution >= 4 is 6.03 Å². The highest BCUT2D eigenvalue weighted by Gasteiger charge is 2.38. The molecule has 5 heteroatoms. The van der Waals surface area contributed by atoms with Gasteiger partial charge >= 0.3 is 6.03 Å². The van der Waals surface area contributed by atoms with E-state index in [2.05, 4.69) is 77.5 Å². The smallest absolute Gasteiger partial charge is 0.315 e. The zero-order valence-electron chi connectivity index (χ0n) is 26.1. The van der Waals surface area contributed by atoms with Crippen molar-refractivity contribution in [1.29, 1.82) is 0 Å². The van der Waals surface area contributed by atoms with Gasteiger partial charge in [0.25, 0.3) is 0 Å². The number of urea groups is 1. The minimum Gasteiger partial charge on any atom is -0.378 e. The van der Waals surface area contributed by atoms with E-state index in [1.54, 1.807) is 0 Å². The number of rotatable bonds is 12. The maximum Gasteiger partial charge on any atom is 0.315 e. The van der Waals surface area contributed by atoms with Gasteiger partial charge in [-0.25, -0.2) is 4.79 Å². The molecule has 4 aromatic rings. The average Bonchev–Trinajstić information content (AvgIpc) is 3.06. The summed E-state index contributed by atoms with van der Waals surface area (Å²) in [5, 5.41) is 22.0. The van der Waals surface area contributed by atoms with Gasteiger partial charge in [-0.15, -0.1) is 0 Å². The van der Waals surface area contributed by atoms with Crippen LogP contribution in [0, 0.1) is 12.8 Å². The van der Waals surface area contributed by atoms with Crippen LogP contribution in [-0.4, -0.2) is 29.8 Å². The molecule has 2 atom stereocenters. The first kappa shape index (κ1) is 31.5. The molecule has 0 aromatic heterocycles. The molecule has 1 aliphatic carbocycles. The van der Waals surface area contributed by atoms with Crippen molar-refractivity contribution in [3.05, 3.63) is 143 Å². The number of hydrogen-bond donors (Lipinski definition) is 4. The molecule has 1 aliphatic rings. The van der Waals surface area contributed by atoms with Crippen molar-refractivity contribution in [1.82, 2.24) is 16.0 Å². The van der Waals surface area contributed by atoms with Gasteiger partial charge in [0.05, 0.1) is 6.04 Å². The van der Waals surface area contributed by atoms with Crippen LogP contribution in [0.1, 0.15) is 72.9 Å². The molecule has 0 spiro atoms. The number of hydrogen-bond acceptors (Lipinski definition) is 3. The number of nitrogens with one attached hydrogen (secondary N) is 3. The summed E-state index contributed by atoms with van der Waals surface area (Å²) in [6, 6.07) is 38.4. The second-order valence-corrected chi connectivity index (χ2v) is 12.5. The SMILES string of the molecule is Cc1ccc(C[C@H](NCCC2CCC(NC(=O)NC(C)C(O)(c3ccccc3)c3ccccc3)CC2)c2ccccc2)cc1. The third-order valence-electron chi connectivity index (χ3n) is 9.29. The van der Waals surface area contributed by atoms with Crippen LogP contribution in [0.3, 0.4) is 0 Å². The van der Waals surface area contributed by atoms with E-state index in [-0.39, 0.29) is 18.1 Å². The third-order valence-corrected chi connectivity index (χ3v) is 9.29. The Morgan fingerprint density at radius 1 is 0.795 bits per heavy atom. The number of benzene rings is 4. The fourth-order valence-corrected chi connectivity index (χ4v) is 6.59. The predicted molar refractivity (Wildman–Crippen MR) is 179 cm³/mol. The van der Waals surface area contributed by atoms with Crippen LogP contribution in [0.25, 0.3) is 0 Å². The van der Waals surface area contributed by atoms with Gasteiger partial charge in [-0.3, -0.25) is 0 Å². The molecule has 1 unspecified atom stereocenters. The van der Waals surface area contributed by atoms with Crippen molar-refractivity contribution in [2.24, 2.45) is 5.92 Å². The average molecular weight is 590 g/mol. The molecule has 4 aromatic carbocycles. The van der Waals surface area contributed by atoms with Crippen LogP contribution in [-0.2, 0) is 12.0 Å². The summed E-state index contributed by atoms with van der Waals surface area (Å²) in [7, 11) is 0. The van der Waals surface area contributed by atoms with Gasteiger partial charge < -0.3 is 21.1 Å². The van der Waals surface area contributed by atoms with Gasteiger partial charge in [0, 0.05) is 12.1 Å². The van der Waals surface area contributed by atoms with Gasteiger partial charge in [-0.05, 0) is 87.1 Å². The van der Waals surface area contributed by atoms with E-state index in [4.69, 9.17) is 0 Å². The fourth-order valence-electron chi connectivity index (χ4n) is 6.59. The van der Waals surface area contributed by atoms with Crippen molar-refractivity contribution in [3.8, 4) is 0 Å². The molecule has 0 heterocycles. The summed E-state index contributed by atoms with van der Waals surface area (Å²) < 4.78 is 0. The molecular weight excluding hydrogens is 542 g/mol. The first-order chi connectivity index (χ1) is 21.4. The Bertz CT molecular complexity index is 1380. The first-order valence-electron chi connectivity index (χ1n) is 16.2. The predicted octanol–water partition coefficient (Wildman–Crippen LogP) is 7.44. The summed E-state index contributed by atoms with van der Waals surface area (Å²) >= 11 is 0. The Morgan fingerprint density at radius 2 is 1.34 bits per heavy atom. The molecule has 2 amide bonds. The Balaban J connectivity index is 1.10. The monoisotopic (exact) mass is 589 g/mol. The lowest BCUT2D eigenvalue weighted by Crippen LogP contribution is -2.54. The van der Waals surface area contributed by atoms with E-state index in [0.717, 1.165) is 56.2 Å². The fraction of sp³-hybridized carbons (Fsp3) is 0.359. The topological polar surface area (TPSA) is 73.4 Å². The second kappa shape index (κ2) is 15.2. The molecule has 0 aliphatic heterocycles. The molecule has 230 valence electrons. The van der Waals surface area contributed by atoms with Crippen LogP contribution >= 0.6 is 0 Å². The summed E-state index contributed by atoms with van der Waals surface area (Å²) in [5.74, 6) is 0.652. The number of aryl methyl sites for hydroxylation is 1. The summed E-state index contributed by atoms with van der Waals surface area (Å²) in [6.07, 6.45) is 6.26. The highest BCUT2D eigenvalue weighted by Crippen LogP contribution is 2.33. The Hall–Kier alpha value is -3.93. The highest BCUT2D eigenvalue weighted by molar-refractivity contribution is 5.75. The van der Waals surface area contributed by atoms with Gasteiger partial charge in [0.15, 0.2) is 0 Å². The Labute approximate surface area is 263 Å². The highest BCUT2D eigenvalue weighted by atomic mass is 16.3. The molecule has 1 saturated carbocycles. The summed E-state index contributed by atoms with van der Waals surface area (Å²) in [6.45, 7) is 4.97. The summed E-state index contributed by atoms with van der Waals surface area (Å²) in [4.78, 5) is 13.1. The lowest BCUT2D eigenvalue weighted by atomic mass is 9.81. The van der Waals surface area contributed by atoms with Crippen LogP contribution < -0.4 is 16.0 Å². The Morgan fingerprint density at radius 3 is 1.91 bits per heavy atom. The summed E-state index contributed by atoms with van der Waals surface area (Å²) in [5.41, 5.74) is 4.12. The van der Waals surface area contributed by atoms with Crippen molar-refractivity contribution < 1.29 is 9.90 Å². The third kappa shape index (κ3) is 8.16. The van der Waals surface area contributed by atoms with Crippen LogP contribution in [0.15, 0.2) is 115 Å². The van der Waals surface area contributed by atoms with E-state index in [0.29, 0.717) is 5.92 Å². The van der Waals surface area contributed by atoms with Crippen molar-refractivity contribution in [2.45, 2.75) is 76.1 Å². The molecule has 0 radical (unpaired) electrons. The molecule has 0 saturated heterocycles. The van der Waals surface area contributed by atoms with E-state index in [1.165, 1.54) is 16.7 Å². The minimum absolute atomic E-state index is 0.145. The molecule has 5 rings (SSSR count). The number of amides is 2. The number of carbonyl (C=O) groups is 1. The normalized spacial score (nSPS) is 18.2. The minimum atomic E-state index is -1.35. The molecule has 5 nitrogen and oxygen atoms in total. The van der Waals surface area contributed by atoms with E-state index in [9.17, 15) is 9.90 Å². The molecular formula is C39H47N3O2. The first-order valence-corrected chi connectivity index (χ1v) is 16.2. The maximum absolute atomic E-state index is 13.1. The molecule has 4 N–H and O–H groups in total. The van der Waals surface area contributed by atoms with Crippen LogP contribution in [0.5, 0.6) is 0 Å². The zero-order chi connectivity index (χ0) is 30.8. The van der Waals surface area contributed by atoms with Crippen LogP contribution in [0.2, 0.25) is 0 Å². The standard InChI is InChI=1S/C39H47N3O2/c1-29-18-20-32(21-19-29)28-37(33-12-6-3-7-13-33)40-27-26-31-22-24-36(25-23-31)42-38(43)41-30(2)39(44,34-14-8-4-9-15-34)35-16-10-5-11-17-35/h3-21,30-31,36-37,40,44H,22-28H2,1-2H3,(H2,41,42,43)/t30?,31?,36?,37-/m0/s1. The second-order valence-electron chi connectivity index (χ2n) is 12.5. The van der Waals surface area contributed by atoms with Gasteiger partial charge in [0.1, 0.15) is 5.60 Å². The molecule has 1 fully saturated rings. The van der Waals surface area contributed by atoms with Crippen molar-refractivity contribution in [3.63, 3.8) is 0 Å². The van der Waals surface area contributed by atoms with E-state index >= 15 is 0 Å². The molecule has 0 bridgehead atoms. The lowest BCUT2D eigenvalue weighted by molar-refractivity contribution is 0.0470. The van der Waals surface area contributed by atoms with Gasteiger partial charge in [-0.2, -0.15) is 0 Å². The lowest BCUT2D eigenvalue weighted by Gasteiger charge is -2.36. The maximum atomic E-state index is 13.1. The van der Waals surface area contributed by atoms with E-state index in [1.807, 2.05) is 67.6 Å². The van der Waals surface area contributed by atoms with Crippen molar-refractivity contribution in [2.75, 3.05) is 6.54 Å². The molecule has 44 heavy (non-hydrogen) atoms. The number of aliphatic hydroxyl groups is 1. The Kier molecular flexibility index (Phi) is 10.9. The number of carbonyl (C=O) groups excluding carboxylic acids is 1. The zero-order valence-corrected chi connectivity index (χ0v) is 26.1. The van der Waals surface area contributed by atoms with E-state index < -0.39 is 11.6 Å². The van der Waals surface area contributed by atoms with Crippen LogP contribution in [0.4, 0.5) is 4.79 Å². The quantitative estimate of drug-likeness (QED) is 0.139. The largest absolute Gasteiger partial charge is 0.378 e.